The zero-order chi connectivity index (χ0) is 11.3. The molecule has 0 saturated heterocycles. The van der Waals surface area contributed by atoms with Crippen LogP contribution in [0.4, 0.5) is 0 Å². The molecule has 0 bridgehead atoms. The first-order valence-corrected chi connectivity index (χ1v) is 4.69. The summed E-state index contributed by atoms with van der Waals surface area (Å²) in [5.74, 6) is 2.23. The predicted molar refractivity (Wildman–Crippen MR) is 60.2 cm³/mol. The maximum atomic E-state index is 5.22. The number of methoxy groups -OCH3 is 3. The van der Waals surface area contributed by atoms with Gasteiger partial charge in [0, 0.05) is 5.56 Å². The van der Waals surface area contributed by atoms with E-state index in [1.807, 2.05) is 31.2 Å². The Morgan fingerprint density at radius 3 is 2.20 bits per heavy atom. The van der Waals surface area contributed by atoms with Crippen molar-refractivity contribution in [3.8, 4) is 11.5 Å². The summed E-state index contributed by atoms with van der Waals surface area (Å²) in [6, 6.07) is 5.68. The van der Waals surface area contributed by atoms with Gasteiger partial charge in [0.1, 0.15) is 5.76 Å². The molecular formula is C12H16O3. The standard InChI is InChI=1S/C12H16O3/c1-5-10(13-2)9-6-7-11(14-3)12(8-9)15-4/h5-8H,1-4H3/b10-5-. The van der Waals surface area contributed by atoms with Gasteiger partial charge in [0.2, 0.25) is 0 Å². The van der Waals surface area contributed by atoms with Gasteiger partial charge in [0.25, 0.3) is 0 Å². The van der Waals surface area contributed by atoms with Gasteiger partial charge in [-0.25, -0.2) is 0 Å². The van der Waals surface area contributed by atoms with Crippen molar-refractivity contribution in [2.45, 2.75) is 6.92 Å². The fourth-order valence-electron chi connectivity index (χ4n) is 1.39. The van der Waals surface area contributed by atoms with Crippen molar-refractivity contribution in [1.82, 2.24) is 0 Å². The van der Waals surface area contributed by atoms with Gasteiger partial charge in [-0.1, -0.05) is 0 Å². The predicted octanol–water partition coefficient (Wildman–Crippen LogP) is 2.71. The van der Waals surface area contributed by atoms with Gasteiger partial charge < -0.3 is 14.2 Å². The van der Waals surface area contributed by atoms with Crippen molar-refractivity contribution in [1.29, 1.82) is 0 Å². The Morgan fingerprint density at radius 1 is 1.07 bits per heavy atom. The molecular weight excluding hydrogens is 192 g/mol. The highest BCUT2D eigenvalue weighted by Gasteiger charge is 2.07. The first-order chi connectivity index (χ1) is 7.26. The molecule has 0 atom stereocenters. The van der Waals surface area contributed by atoms with Crippen LogP contribution in [0.25, 0.3) is 5.76 Å². The van der Waals surface area contributed by atoms with Gasteiger partial charge >= 0.3 is 0 Å². The summed E-state index contributed by atoms with van der Waals surface area (Å²) in [6.07, 6.45) is 1.90. The molecule has 0 aliphatic rings. The third-order valence-corrected chi connectivity index (χ3v) is 2.15. The SMILES string of the molecule is C/C=C(\OC)c1ccc(OC)c(OC)c1. The normalized spacial score (nSPS) is 11.1. The summed E-state index contributed by atoms with van der Waals surface area (Å²) in [6.45, 7) is 1.93. The van der Waals surface area contributed by atoms with Gasteiger partial charge in [-0.15, -0.1) is 0 Å². The summed E-state index contributed by atoms with van der Waals surface area (Å²) in [4.78, 5) is 0. The van der Waals surface area contributed by atoms with Crippen molar-refractivity contribution >= 4 is 5.76 Å². The average Bonchev–Trinajstić information content (AvgIpc) is 2.30. The van der Waals surface area contributed by atoms with Crippen LogP contribution in [0.2, 0.25) is 0 Å². The summed E-state index contributed by atoms with van der Waals surface area (Å²) < 4.78 is 15.6. The van der Waals surface area contributed by atoms with Crippen LogP contribution in [-0.2, 0) is 4.74 Å². The minimum absolute atomic E-state index is 0.700. The molecule has 15 heavy (non-hydrogen) atoms. The van der Waals surface area contributed by atoms with E-state index in [1.54, 1.807) is 21.3 Å². The average molecular weight is 208 g/mol. The van der Waals surface area contributed by atoms with Crippen LogP contribution in [0.3, 0.4) is 0 Å². The first kappa shape index (κ1) is 11.4. The fraction of sp³-hybridized carbons (Fsp3) is 0.333. The second kappa shape index (κ2) is 5.29. The third-order valence-electron chi connectivity index (χ3n) is 2.15. The number of hydrogen-bond acceptors (Lipinski definition) is 3. The second-order valence-corrected chi connectivity index (χ2v) is 2.93. The van der Waals surface area contributed by atoms with E-state index in [1.165, 1.54) is 0 Å². The lowest BCUT2D eigenvalue weighted by molar-refractivity contribution is 0.352. The lowest BCUT2D eigenvalue weighted by Crippen LogP contribution is -1.93. The Morgan fingerprint density at radius 2 is 1.73 bits per heavy atom. The molecule has 3 heteroatoms. The molecule has 1 aromatic carbocycles. The fourth-order valence-corrected chi connectivity index (χ4v) is 1.39. The van der Waals surface area contributed by atoms with E-state index in [2.05, 4.69) is 0 Å². The van der Waals surface area contributed by atoms with Gasteiger partial charge in [0.15, 0.2) is 11.5 Å². The van der Waals surface area contributed by atoms with Crippen LogP contribution in [0.5, 0.6) is 11.5 Å². The molecule has 0 amide bonds. The highest BCUT2D eigenvalue weighted by Crippen LogP contribution is 2.30. The van der Waals surface area contributed by atoms with E-state index in [0.29, 0.717) is 11.5 Å². The van der Waals surface area contributed by atoms with Gasteiger partial charge in [-0.3, -0.25) is 0 Å². The monoisotopic (exact) mass is 208 g/mol. The number of allylic oxidation sites excluding steroid dienone is 1. The van der Waals surface area contributed by atoms with Crippen molar-refractivity contribution in [3.05, 3.63) is 29.8 Å². The van der Waals surface area contributed by atoms with Crippen molar-refractivity contribution in [2.75, 3.05) is 21.3 Å². The number of benzene rings is 1. The highest BCUT2D eigenvalue weighted by atomic mass is 16.5. The van der Waals surface area contributed by atoms with Crippen LogP contribution < -0.4 is 9.47 Å². The van der Waals surface area contributed by atoms with E-state index >= 15 is 0 Å². The Bertz CT molecular complexity index is 356. The Balaban J connectivity index is 3.13. The summed E-state index contributed by atoms with van der Waals surface area (Å²) in [7, 11) is 4.88. The second-order valence-electron chi connectivity index (χ2n) is 2.93. The van der Waals surface area contributed by atoms with Gasteiger partial charge in [0.05, 0.1) is 21.3 Å². The van der Waals surface area contributed by atoms with E-state index in [0.717, 1.165) is 11.3 Å². The van der Waals surface area contributed by atoms with E-state index in [9.17, 15) is 0 Å². The van der Waals surface area contributed by atoms with Gasteiger partial charge in [-0.05, 0) is 31.2 Å². The molecule has 82 valence electrons. The largest absolute Gasteiger partial charge is 0.496 e. The zero-order valence-corrected chi connectivity index (χ0v) is 9.53. The molecule has 0 aromatic heterocycles. The molecule has 0 radical (unpaired) electrons. The summed E-state index contributed by atoms with van der Waals surface area (Å²) in [5.41, 5.74) is 0.970. The molecule has 0 fully saturated rings. The maximum absolute atomic E-state index is 5.22. The minimum Gasteiger partial charge on any atom is -0.496 e. The van der Waals surface area contributed by atoms with Crippen LogP contribution in [-0.4, -0.2) is 21.3 Å². The maximum Gasteiger partial charge on any atom is 0.161 e. The number of rotatable bonds is 4. The Labute approximate surface area is 90.3 Å². The van der Waals surface area contributed by atoms with Crippen LogP contribution in [0.1, 0.15) is 12.5 Å². The van der Waals surface area contributed by atoms with Crippen LogP contribution in [0.15, 0.2) is 24.3 Å². The van der Waals surface area contributed by atoms with Crippen LogP contribution >= 0.6 is 0 Å². The number of ether oxygens (including phenoxy) is 3. The first-order valence-electron chi connectivity index (χ1n) is 4.69. The quantitative estimate of drug-likeness (QED) is 0.712. The minimum atomic E-state index is 0.700. The summed E-state index contributed by atoms with van der Waals surface area (Å²) in [5, 5.41) is 0. The smallest absolute Gasteiger partial charge is 0.161 e. The molecule has 0 aliphatic carbocycles. The molecule has 0 saturated carbocycles. The molecule has 0 N–H and O–H groups in total. The van der Waals surface area contributed by atoms with Crippen molar-refractivity contribution in [2.24, 2.45) is 0 Å². The molecule has 3 nitrogen and oxygen atoms in total. The van der Waals surface area contributed by atoms with E-state index < -0.39 is 0 Å². The Kier molecular flexibility index (Phi) is 4.03. The molecule has 0 unspecified atom stereocenters. The van der Waals surface area contributed by atoms with Crippen molar-refractivity contribution < 1.29 is 14.2 Å². The number of hydrogen-bond donors (Lipinski definition) is 0. The highest BCUT2D eigenvalue weighted by molar-refractivity contribution is 5.63. The molecule has 0 aliphatic heterocycles. The van der Waals surface area contributed by atoms with Crippen molar-refractivity contribution in [3.63, 3.8) is 0 Å². The molecule has 1 aromatic rings. The third kappa shape index (κ3) is 2.43. The molecule has 1 rings (SSSR count). The lowest BCUT2D eigenvalue weighted by Gasteiger charge is -2.10. The van der Waals surface area contributed by atoms with E-state index in [-0.39, 0.29) is 0 Å². The topological polar surface area (TPSA) is 27.7 Å². The molecule has 0 heterocycles. The zero-order valence-electron chi connectivity index (χ0n) is 9.53. The van der Waals surface area contributed by atoms with E-state index in [4.69, 9.17) is 14.2 Å². The lowest BCUT2D eigenvalue weighted by atomic mass is 10.1. The van der Waals surface area contributed by atoms with Crippen LogP contribution in [0, 0.1) is 0 Å². The Hall–Kier alpha value is -1.64. The summed E-state index contributed by atoms with van der Waals surface area (Å²) >= 11 is 0. The molecule has 0 spiro atoms. The van der Waals surface area contributed by atoms with Gasteiger partial charge in [-0.2, -0.15) is 0 Å².